The second-order valence-electron chi connectivity index (χ2n) is 5.52. The number of nitrogens with one attached hydrogen (secondary N) is 1. The standard InChI is InChI=1S/C18H19BrN2O/c19-16-6-3-7-17(12-16)20-10-8-18(22)21-11-9-14-4-1-2-5-15(14)13-21/h1-7,12,20H,8-11,13H2. The molecule has 0 bridgehead atoms. The van der Waals surface area contributed by atoms with E-state index in [1.165, 1.54) is 11.1 Å². The number of amides is 1. The number of rotatable bonds is 4. The first-order chi connectivity index (χ1) is 10.7. The molecule has 1 aliphatic heterocycles. The van der Waals surface area contributed by atoms with Gasteiger partial charge in [0.2, 0.25) is 5.91 Å². The number of benzene rings is 2. The largest absolute Gasteiger partial charge is 0.384 e. The SMILES string of the molecule is O=C(CCNc1cccc(Br)c1)N1CCc2ccccc2C1. The Morgan fingerprint density at radius 3 is 2.77 bits per heavy atom. The molecule has 0 spiro atoms. The third-order valence-electron chi connectivity index (χ3n) is 3.98. The lowest BCUT2D eigenvalue weighted by atomic mass is 10.00. The van der Waals surface area contributed by atoms with E-state index in [-0.39, 0.29) is 5.91 Å². The van der Waals surface area contributed by atoms with Crippen LogP contribution in [0, 0.1) is 0 Å². The minimum Gasteiger partial charge on any atom is -0.384 e. The van der Waals surface area contributed by atoms with Crippen molar-refractivity contribution in [3.05, 3.63) is 64.1 Å². The minimum atomic E-state index is 0.219. The van der Waals surface area contributed by atoms with Gasteiger partial charge in [-0.05, 0) is 35.7 Å². The lowest BCUT2D eigenvalue weighted by Gasteiger charge is -2.29. The molecular formula is C18H19BrN2O. The van der Waals surface area contributed by atoms with Crippen molar-refractivity contribution < 1.29 is 4.79 Å². The van der Waals surface area contributed by atoms with Gasteiger partial charge in [0.05, 0.1) is 0 Å². The monoisotopic (exact) mass is 358 g/mol. The smallest absolute Gasteiger partial charge is 0.224 e. The summed E-state index contributed by atoms with van der Waals surface area (Å²) in [6, 6.07) is 16.4. The van der Waals surface area contributed by atoms with Crippen molar-refractivity contribution in [3.8, 4) is 0 Å². The van der Waals surface area contributed by atoms with Gasteiger partial charge in [-0.15, -0.1) is 0 Å². The Bertz CT molecular complexity index is 672. The fourth-order valence-corrected chi connectivity index (χ4v) is 3.18. The summed E-state index contributed by atoms with van der Waals surface area (Å²) in [6.45, 7) is 2.23. The summed E-state index contributed by atoms with van der Waals surface area (Å²) in [6.07, 6.45) is 1.48. The molecule has 2 aromatic carbocycles. The average Bonchev–Trinajstić information content (AvgIpc) is 2.54. The van der Waals surface area contributed by atoms with Crippen LogP contribution in [0.15, 0.2) is 53.0 Å². The minimum absolute atomic E-state index is 0.219. The summed E-state index contributed by atoms with van der Waals surface area (Å²) >= 11 is 3.45. The predicted molar refractivity (Wildman–Crippen MR) is 92.8 cm³/mol. The molecule has 0 fully saturated rings. The summed E-state index contributed by atoms with van der Waals surface area (Å²) in [4.78, 5) is 14.3. The molecule has 0 unspecified atom stereocenters. The first kappa shape index (κ1) is 15.1. The number of halogens is 1. The highest BCUT2D eigenvalue weighted by molar-refractivity contribution is 9.10. The Morgan fingerprint density at radius 1 is 1.14 bits per heavy atom. The molecule has 22 heavy (non-hydrogen) atoms. The quantitative estimate of drug-likeness (QED) is 0.900. The van der Waals surface area contributed by atoms with Gasteiger partial charge in [-0.25, -0.2) is 0 Å². The zero-order valence-corrected chi connectivity index (χ0v) is 14.0. The summed E-state index contributed by atoms with van der Waals surface area (Å²) in [5, 5.41) is 3.30. The van der Waals surface area contributed by atoms with Crippen molar-refractivity contribution >= 4 is 27.5 Å². The van der Waals surface area contributed by atoms with Crippen LogP contribution in [0.25, 0.3) is 0 Å². The number of fused-ring (bicyclic) bond motifs is 1. The average molecular weight is 359 g/mol. The van der Waals surface area contributed by atoms with Crippen LogP contribution in [0.1, 0.15) is 17.5 Å². The molecule has 114 valence electrons. The maximum atomic E-state index is 12.3. The van der Waals surface area contributed by atoms with E-state index in [2.05, 4.69) is 39.4 Å². The highest BCUT2D eigenvalue weighted by Gasteiger charge is 2.19. The van der Waals surface area contributed by atoms with E-state index in [1.807, 2.05) is 35.2 Å². The number of nitrogens with zero attached hydrogens (tertiary/aromatic N) is 1. The molecule has 3 nitrogen and oxygen atoms in total. The second kappa shape index (κ2) is 6.97. The van der Waals surface area contributed by atoms with E-state index in [0.29, 0.717) is 13.0 Å². The molecule has 1 amide bonds. The first-order valence-corrected chi connectivity index (χ1v) is 8.36. The van der Waals surface area contributed by atoms with Crippen molar-refractivity contribution in [2.24, 2.45) is 0 Å². The molecule has 0 saturated carbocycles. The van der Waals surface area contributed by atoms with Crippen molar-refractivity contribution in [1.29, 1.82) is 0 Å². The van der Waals surface area contributed by atoms with Crippen molar-refractivity contribution in [3.63, 3.8) is 0 Å². The van der Waals surface area contributed by atoms with Crippen LogP contribution in [0.5, 0.6) is 0 Å². The molecule has 2 aromatic rings. The molecule has 0 saturated heterocycles. The molecular weight excluding hydrogens is 340 g/mol. The number of carbonyl (C=O) groups is 1. The lowest BCUT2D eigenvalue weighted by molar-refractivity contribution is -0.131. The molecule has 0 atom stereocenters. The Hall–Kier alpha value is -1.81. The van der Waals surface area contributed by atoms with Gasteiger partial charge >= 0.3 is 0 Å². The van der Waals surface area contributed by atoms with Crippen molar-refractivity contribution in [2.45, 2.75) is 19.4 Å². The van der Waals surface area contributed by atoms with E-state index >= 15 is 0 Å². The molecule has 0 aliphatic carbocycles. The van der Waals surface area contributed by atoms with Crippen LogP contribution in [0.3, 0.4) is 0 Å². The van der Waals surface area contributed by atoms with Crippen LogP contribution in [-0.4, -0.2) is 23.9 Å². The van der Waals surface area contributed by atoms with E-state index in [4.69, 9.17) is 0 Å². The molecule has 4 heteroatoms. The third-order valence-corrected chi connectivity index (χ3v) is 4.47. The lowest BCUT2D eigenvalue weighted by Crippen LogP contribution is -2.36. The zero-order chi connectivity index (χ0) is 15.4. The summed E-state index contributed by atoms with van der Waals surface area (Å²) in [5.41, 5.74) is 3.69. The summed E-state index contributed by atoms with van der Waals surface area (Å²) in [7, 11) is 0. The highest BCUT2D eigenvalue weighted by atomic mass is 79.9. The zero-order valence-electron chi connectivity index (χ0n) is 12.4. The topological polar surface area (TPSA) is 32.3 Å². The fraction of sp³-hybridized carbons (Fsp3) is 0.278. The highest BCUT2D eigenvalue weighted by Crippen LogP contribution is 2.19. The first-order valence-electron chi connectivity index (χ1n) is 7.56. The van der Waals surface area contributed by atoms with Crippen LogP contribution in [-0.2, 0) is 17.8 Å². The number of carbonyl (C=O) groups excluding carboxylic acids is 1. The fourth-order valence-electron chi connectivity index (χ4n) is 2.78. The van der Waals surface area contributed by atoms with E-state index in [0.717, 1.165) is 29.7 Å². The normalized spacial score (nSPS) is 13.6. The van der Waals surface area contributed by atoms with E-state index in [9.17, 15) is 4.79 Å². The maximum Gasteiger partial charge on any atom is 0.224 e. The number of anilines is 1. The van der Waals surface area contributed by atoms with Gasteiger partial charge in [-0.1, -0.05) is 46.3 Å². The predicted octanol–water partition coefficient (Wildman–Crippen LogP) is 3.84. The van der Waals surface area contributed by atoms with Crippen LogP contribution in [0.2, 0.25) is 0 Å². The van der Waals surface area contributed by atoms with E-state index < -0.39 is 0 Å². The van der Waals surface area contributed by atoms with Gasteiger partial charge in [0.15, 0.2) is 0 Å². The third kappa shape index (κ3) is 3.69. The summed E-state index contributed by atoms with van der Waals surface area (Å²) in [5.74, 6) is 0.219. The molecule has 1 N–H and O–H groups in total. The van der Waals surface area contributed by atoms with Gasteiger partial charge < -0.3 is 10.2 Å². The molecule has 0 radical (unpaired) electrons. The molecule has 3 rings (SSSR count). The molecule has 0 aromatic heterocycles. The number of hydrogen-bond donors (Lipinski definition) is 1. The van der Waals surface area contributed by atoms with Gasteiger partial charge in [-0.3, -0.25) is 4.79 Å². The second-order valence-corrected chi connectivity index (χ2v) is 6.44. The van der Waals surface area contributed by atoms with E-state index in [1.54, 1.807) is 0 Å². The van der Waals surface area contributed by atoms with Crippen molar-refractivity contribution in [2.75, 3.05) is 18.4 Å². The van der Waals surface area contributed by atoms with Crippen LogP contribution in [0.4, 0.5) is 5.69 Å². The van der Waals surface area contributed by atoms with Gasteiger partial charge in [0.25, 0.3) is 0 Å². The molecule has 1 heterocycles. The number of hydrogen-bond acceptors (Lipinski definition) is 2. The Morgan fingerprint density at radius 2 is 1.95 bits per heavy atom. The molecule has 1 aliphatic rings. The maximum absolute atomic E-state index is 12.3. The Balaban J connectivity index is 1.51. The van der Waals surface area contributed by atoms with Gasteiger partial charge in [0, 0.05) is 36.2 Å². The summed E-state index contributed by atoms with van der Waals surface area (Å²) < 4.78 is 1.04. The Labute approximate surface area is 139 Å². The van der Waals surface area contributed by atoms with Crippen LogP contribution < -0.4 is 5.32 Å². The van der Waals surface area contributed by atoms with Gasteiger partial charge in [0.1, 0.15) is 0 Å². The van der Waals surface area contributed by atoms with Crippen LogP contribution >= 0.6 is 15.9 Å². The Kier molecular flexibility index (Phi) is 4.78. The van der Waals surface area contributed by atoms with Crippen molar-refractivity contribution in [1.82, 2.24) is 4.90 Å². The van der Waals surface area contributed by atoms with Gasteiger partial charge in [-0.2, -0.15) is 0 Å².